The summed E-state index contributed by atoms with van der Waals surface area (Å²) in [7, 11) is 0. The van der Waals surface area contributed by atoms with Crippen LogP contribution in [0.1, 0.15) is 17.5 Å². The summed E-state index contributed by atoms with van der Waals surface area (Å²) in [6.45, 7) is 2.60. The molecule has 1 aliphatic rings. The molecule has 2 amide bonds. The number of hydrogen-bond donors (Lipinski definition) is 1. The molecule has 4 nitrogen and oxygen atoms in total. The number of nitrogens with zero attached hydrogens (tertiary/aromatic N) is 2. The maximum absolute atomic E-state index is 12.9. The van der Waals surface area contributed by atoms with Gasteiger partial charge in [0.1, 0.15) is 0 Å². The van der Waals surface area contributed by atoms with Gasteiger partial charge in [0.05, 0.1) is 5.56 Å². The van der Waals surface area contributed by atoms with Gasteiger partial charge in [-0.2, -0.15) is 13.2 Å². The van der Waals surface area contributed by atoms with Gasteiger partial charge in [-0.3, -0.25) is 0 Å². The molecule has 1 heterocycles. The molecular formula is C21H24F3N3O. The van der Waals surface area contributed by atoms with E-state index in [4.69, 9.17) is 0 Å². The number of rotatable bonds is 5. The first-order valence-electron chi connectivity index (χ1n) is 9.42. The van der Waals surface area contributed by atoms with Crippen LogP contribution in [0.5, 0.6) is 0 Å². The van der Waals surface area contributed by atoms with Gasteiger partial charge in [0.25, 0.3) is 0 Å². The first-order chi connectivity index (χ1) is 13.4. The van der Waals surface area contributed by atoms with E-state index in [1.54, 1.807) is 11.0 Å². The molecule has 0 aliphatic carbocycles. The number of benzene rings is 2. The van der Waals surface area contributed by atoms with Gasteiger partial charge in [-0.25, -0.2) is 4.79 Å². The first kappa shape index (κ1) is 20.0. The quantitative estimate of drug-likeness (QED) is 0.777. The Kier molecular flexibility index (Phi) is 6.44. The van der Waals surface area contributed by atoms with Crippen LogP contribution in [0.2, 0.25) is 0 Å². The number of halogens is 3. The molecule has 0 saturated carbocycles. The molecule has 0 atom stereocenters. The lowest BCUT2D eigenvalue weighted by atomic mass is 10.1. The van der Waals surface area contributed by atoms with Gasteiger partial charge in [-0.05, 0) is 36.6 Å². The predicted molar refractivity (Wildman–Crippen MR) is 103 cm³/mol. The van der Waals surface area contributed by atoms with Crippen LogP contribution >= 0.6 is 0 Å². The molecule has 150 valence electrons. The zero-order valence-corrected chi connectivity index (χ0v) is 15.6. The van der Waals surface area contributed by atoms with Gasteiger partial charge in [-0.1, -0.05) is 36.4 Å². The molecule has 1 fully saturated rings. The third-order valence-corrected chi connectivity index (χ3v) is 4.87. The standard InChI is InChI=1S/C21H24F3N3O/c22-21(23,24)18-9-4-10-19(16-18)26-12-14-27(15-13-26)20(28)25-11-5-8-17-6-2-1-3-7-17/h1-4,6-7,9-10,16H,5,8,11-15H2,(H,25,28). The molecule has 2 aromatic carbocycles. The summed E-state index contributed by atoms with van der Waals surface area (Å²) in [6, 6.07) is 15.3. The van der Waals surface area contributed by atoms with Crippen LogP contribution in [0.15, 0.2) is 54.6 Å². The van der Waals surface area contributed by atoms with Gasteiger partial charge >= 0.3 is 12.2 Å². The second kappa shape index (κ2) is 8.99. The zero-order chi connectivity index (χ0) is 20.0. The fourth-order valence-corrected chi connectivity index (χ4v) is 3.29. The Bertz CT molecular complexity index is 772. The van der Waals surface area contributed by atoms with Crippen molar-refractivity contribution in [2.45, 2.75) is 19.0 Å². The SMILES string of the molecule is O=C(NCCCc1ccccc1)N1CCN(c2cccc(C(F)(F)F)c2)CC1. The normalized spacial score (nSPS) is 14.8. The molecule has 1 N–H and O–H groups in total. The van der Waals surface area contributed by atoms with Crippen LogP contribution in [-0.4, -0.2) is 43.7 Å². The second-order valence-electron chi connectivity index (χ2n) is 6.84. The Morgan fingerprint density at radius 2 is 1.68 bits per heavy atom. The fourth-order valence-electron chi connectivity index (χ4n) is 3.29. The second-order valence-corrected chi connectivity index (χ2v) is 6.84. The van der Waals surface area contributed by atoms with E-state index in [0.717, 1.165) is 18.9 Å². The smallest absolute Gasteiger partial charge is 0.368 e. The third-order valence-electron chi connectivity index (χ3n) is 4.87. The number of aryl methyl sites for hydroxylation is 1. The van der Waals surface area contributed by atoms with E-state index in [0.29, 0.717) is 38.4 Å². The highest BCUT2D eigenvalue weighted by Crippen LogP contribution is 2.31. The van der Waals surface area contributed by atoms with Crippen LogP contribution < -0.4 is 10.2 Å². The van der Waals surface area contributed by atoms with Crippen molar-refractivity contribution in [1.82, 2.24) is 10.2 Å². The van der Waals surface area contributed by atoms with Crippen molar-refractivity contribution in [3.63, 3.8) is 0 Å². The number of urea groups is 1. The molecule has 28 heavy (non-hydrogen) atoms. The average molecular weight is 391 g/mol. The maximum Gasteiger partial charge on any atom is 0.416 e. The van der Waals surface area contributed by atoms with E-state index < -0.39 is 11.7 Å². The highest BCUT2D eigenvalue weighted by atomic mass is 19.4. The minimum Gasteiger partial charge on any atom is -0.368 e. The van der Waals surface area contributed by atoms with Crippen molar-refractivity contribution >= 4 is 11.7 Å². The Morgan fingerprint density at radius 1 is 0.964 bits per heavy atom. The van der Waals surface area contributed by atoms with Crippen LogP contribution in [0.4, 0.5) is 23.7 Å². The van der Waals surface area contributed by atoms with E-state index in [-0.39, 0.29) is 6.03 Å². The summed E-state index contributed by atoms with van der Waals surface area (Å²) < 4.78 is 38.6. The summed E-state index contributed by atoms with van der Waals surface area (Å²) in [5.41, 5.74) is 1.13. The third kappa shape index (κ3) is 5.41. The fraction of sp³-hybridized carbons (Fsp3) is 0.381. The summed E-state index contributed by atoms with van der Waals surface area (Å²) in [5.74, 6) is 0. The van der Waals surface area contributed by atoms with Crippen molar-refractivity contribution in [2.75, 3.05) is 37.6 Å². The highest BCUT2D eigenvalue weighted by molar-refractivity contribution is 5.74. The van der Waals surface area contributed by atoms with E-state index in [9.17, 15) is 18.0 Å². The summed E-state index contributed by atoms with van der Waals surface area (Å²) in [4.78, 5) is 15.9. The lowest BCUT2D eigenvalue weighted by Crippen LogP contribution is -2.52. The topological polar surface area (TPSA) is 35.6 Å². The van der Waals surface area contributed by atoms with Gasteiger partial charge in [0.2, 0.25) is 0 Å². The Labute approximate surface area is 162 Å². The van der Waals surface area contributed by atoms with Crippen LogP contribution in [0, 0.1) is 0 Å². The average Bonchev–Trinajstić information content (AvgIpc) is 2.71. The van der Waals surface area contributed by atoms with Crippen molar-refractivity contribution in [1.29, 1.82) is 0 Å². The number of nitrogens with one attached hydrogen (secondary N) is 1. The van der Waals surface area contributed by atoms with Crippen molar-refractivity contribution < 1.29 is 18.0 Å². The van der Waals surface area contributed by atoms with Crippen LogP contribution in [0.3, 0.4) is 0 Å². The molecule has 0 bridgehead atoms. The number of carbonyl (C=O) groups excluding carboxylic acids is 1. The van der Waals surface area contributed by atoms with Crippen molar-refractivity contribution in [3.05, 3.63) is 65.7 Å². The molecule has 7 heteroatoms. The summed E-state index contributed by atoms with van der Waals surface area (Å²) >= 11 is 0. The maximum atomic E-state index is 12.9. The van der Waals surface area contributed by atoms with Crippen molar-refractivity contribution in [3.8, 4) is 0 Å². The predicted octanol–water partition coefficient (Wildman–Crippen LogP) is 4.17. The lowest BCUT2D eigenvalue weighted by molar-refractivity contribution is -0.137. The first-order valence-corrected chi connectivity index (χ1v) is 9.42. The molecule has 2 aromatic rings. The number of alkyl halides is 3. The molecule has 0 aromatic heterocycles. The van der Waals surface area contributed by atoms with E-state index >= 15 is 0 Å². The number of piperazine rings is 1. The summed E-state index contributed by atoms with van der Waals surface area (Å²) in [6.07, 6.45) is -2.58. The minimum atomic E-state index is -4.35. The van der Waals surface area contributed by atoms with Gasteiger partial charge in [0.15, 0.2) is 0 Å². The minimum absolute atomic E-state index is 0.114. The van der Waals surface area contributed by atoms with Gasteiger partial charge < -0.3 is 15.1 Å². The molecular weight excluding hydrogens is 367 g/mol. The van der Waals surface area contributed by atoms with Crippen molar-refractivity contribution in [2.24, 2.45) is 0 Å². The van der Waals surface area contributed by atoms with Crippen LogP contribution in [0.25, 0.3) is 0 Å². The molecule has 0 radical (unpaired) electrons. The van der Waals surface area contributed by atoms with E-state index in [2.05, 4.69) is 17.4 Å². The summed E-state index contributed by atoms with van der Waals surface area (Å²) in [5, 5.41) is 2.93. The van der Waals surface area contributed by atoms with Gasteiger partial charge in [-0.15, -0.1) is 0 Å². The lowest BCUT2D eigenvalue weighted by Gasteiger charge is -2.36. The molecule has 0 spiro atoms. The Morgan fingerprint density at radius 3 is 2.36 bits per heavy atom. The largest absolute Gasteiger partial charge is 0.416 e. The molecule has 1 saturated heterocycles. The number of amides is 2. The Hall–Kier alpha value is -2.70. The number of hydrogen-bond acceptors (Lipinski definition) is 2. The monoisotopic (exact) mass is 391 g/mol. The molecule has 3 rings (SSSR count). The van der Waals surface area contributed by atoms with Crippen LogP contribution in [-0.2, 0) is 12.6 Å². The molecule has 1 aliphatic heterocycles. The Balaban J connectivity index is 1.43. The number of carbonyl (C=O) groups is 1. The highest BCUT2D eigenvalue weighted by Gasteiger charge is 2.31. The van der Waals surface area contributed by atoms with E-state index in [1.807, 2.05) is 23.1 Å². The number of anilines is 1. The van der Waals surface area contributed by atoms with E-state index in [1.165, 1.54) is 17.7 Å². The molecule has 0 unspecified atom stereocenters. The van der Waals surface area contributed by atoms with Gasteiger partial charge in [0, 0.05) is 38.4 Å². The zero-order valence-electron chi connectivity index (χ0n) is 15.6.